The molecule has 0 aliphatic carbocycles. The Labute approximate surface area is 143 Å². The highest BCUT2D eigenvalue weighted by Crippen LogP contribution is 2.40. The van der Waals surface area contributed by atoms with Gasteiger partial charge in [-0.25, -0.2) is 0 Å². The highest BCUT2D eigenvalue weighted by atomic mass is 79.9. The molecule has 0 aromatic heterocycles. The van der Waals surface area contributed by atoms with Crippen LogP contribution in [0.4, 0.5) is 5.69 Å². The molecule has 1 aliphatic rings. The Morgan fingerprint density at radius 3 is 2.50 bits per heavy atom. The van der Waals surface area contributed by atoms with Gasteiger partial charge in [-0.2, -0.15) is 0 Å². The summed E-state index contributed by atoms with van der Waals surface area (Å²) in [6, 6.07) is 12.5. The van der Waals surface area contributed by atoms with E-state index in [1.807, 2.05) is 30.3 Å². The smallest absolute Gasteiger partial charge is 0.124 e. The Morgan fingerprint density at radius 1 is 1.05 bits per heavy atom. The van der Waals surface area contributed by atoms with Gasteiger partial charge in [-0.05, 0) is 50.1 Å². The first-order valence-corrected chi connectivity index (χ1v) is 8.66. The van der Waals surface area contributed by atoms with Gasteiger partial charge in [0.15, 0.2) is 0 Å². The van der Waals surface area contributed by atoms with Gasteiger partial charge in [-0.3, -0.25) is 0 Å². The second-order valence-electron chi connectivity index (χ2n) is 4.62. The molecular formula is C15H12Br3NO. The third-order valence-corrected chi connectivity index (χ3v) is 4.99. The van der Waals surface area contributed by atoms with Crippen LogP contribution < -0.4 is 10.1 Å². The van der Waals surface area contributed by atoms with Crippen molar-refractivity contribution in [1.29, 1.82) is 0 Å². The Hall–Kier alpha value is -0.520. The van der Waals surface area contributed by atoms with Gasteiger partial charge in [-0.1, -0.05) is 34.1 Å². The Morgan fingerprint density at radius 2 is 1.75 bits per heavy atom. The van der Waals surface area contributed by atoms with Crippen molar-refractivity contribution in [2.45, 2.75) is 12.5 Å². The summed E-state index contributed by atoms with van der Waals surface area (Å²) in [5, 5.41) is 3.61. The van der Waals surface area contributed by atoms with Crippen molar-refractivity contribution in [2.24, 2.45) is 0 Å². The monoisotopic (exact) mass is 459 g/mol. The number of benzene rings is 2. The number of fused-ring (bicyclic) bond motifs is 1. The molecule has 3 rings (SSSR count). The molecular weight excluding hydrogens is 450 g/mol. The number of ether oxygens (including phenoxy) is 1. The van der Waals surface area contributed by atoms with E-state index in [0.717, 1.165) is 37.9 Å². The van der Waals surface area contributed by atoms with Gasteiger partial charge >= 0.3 is 0 Å². The van der Waals surface area contributed by atoms with E-state index in [9.17, 15) is 0 Å². The number of anilines is 1. The van der Waals surface area contributed by atoms with E-state index in [4.69, 9.17) is 4.74 Å². The molecule has 0 fully saturated rings. The summed E-state index contributed by atoms with van der Waals surface area (Å²) >= 11 is 10.7. The molecule has 1 unspecified atom stereocenters. The summed E-state index contributed by atoms with van der Waals surface area (Å²) in [7, 11) is 0. The van der Waals surface area contributed by atoms with E-state index in [1.165, 1.54) is 5.56 Å². The van der Waals surface area contributed by atoms with Crippen molar-refractivity contribution in [3.8, 4) is 5.75 Å². The number of halogens is 3. The lowest BCUT2D eigenvalue weighted by atomic mass is 10.0. The van der Waals surface area contributed by atoms with Crippen molar-refractivity contribution in [3.63, 3.8) is 0 Å². The number of para-hydroxylation sites is 1. The van der Waals surface area contributed by atoms with Gasteiger partial charge in [0.1, 0.15) is 5.75 Å². The molecule has 2 aromatic carbocycles. The SMILES string of the molecule is Brc1cc(Br)c(NC2CCOc3ccccc32)c(Br)c1. The van der Waals surface area contributed by atoms with Crippen LogP contribution in [-0.4, -0.2) is 6.61 Å². The number of nitrogens with one attached hydrogen (secondary N) is 1. The molecule has 0 bridgehead atoms. The largest absolute Gasteiger partial charge is 0.493 e. The summed E-state index contributed by atoms with van der Waals surface area (Å²) < 4.78 is 8.80. The fraction of sp³-hybridized carbons (Fsp3) is 0.200. The molecule has 2 aromatic rings. The zero-order valence-electron chi connectivity index (χ0n) is 10.5. The predicted octanol–water partition coefficient (Wildman–Crippen LogP) is 5.91. The molecule has 0 saturated heterocycles. The number of hydrogen-bond acceptors (Lipinski definition) is 2. The minimum atomic E-state index is 0.258. The molecule has 0 radical (unpaired) electrons. The van der Waals surface area contributed by atoms with Crippen molar-refractivity contribution in [1.82, 2.24) is 0 Å². The first kappa shape index (κ1) is 14.4. The fourth-order valence-corrected chi connectivity index (χ4v) is 4.83. The lowest BCUT2D eigenvalue weighted by Crippen LogP contribution is -2.20. The molecule has 1 atom stereocenters. The Bertz CT molecular complexity index is 622. The molecule has 104 valence electrons. The summed E-state index contributed by atoms with van der Waals surface area (Å²) in [6.07, 6.45) is 0.950. The number of rotatable bonds is 2. The number of hydrogen-bond donors (Lipinski definition) is 1. The Kier molecular flexibility index (Phi) is 4.38. The summed E-state index contributed by atoms with van der Waals surface area (Å²) in [4.78, 5) is 0. The van der Waals surface area contributed by atoms with Crippen molar-refractivity contribution < 1.29 is 4.74 Å². The molecule has 20 heavy (non-hydrogen) atoms. The quantitative estimate of drug-likeness (QED) is 0.600. The highest BCUT2D eigenvalue weighted by molar-refractivity contribution is 9.11. The maximum Gasteiger partial charge on any atom is 0.124 e. The van der Waals surface area contributed by atoms with E-state index < -0.39 is 0 Å². The first-order valence-electron chi connectivity index (χ1n) is 6.28. The van der Waals surface area contributed by atoms with E-state index in [2.05, 4.69) is 59.2 Å². The third kappa shape index (κ3) is 2.90. The highest BCUT2D eigenvalue weighted by Gasteiger charge is 2.22. The van der Waals surface area contributed by atoms with Crippen molar-refractivity contribution in [3.05, 3.63) is 55.4 Å². The summed E-state index contributed by atoms with van der Waals surface area (Å²) in [5.74, 6) is 0.973. The molecule has 2 nitrogen and oxygen atoms in total. The van der Waals surface area contributed by atoms with Crippen LogP contribution in [0, 0.1) is 0 Å². The minimum Gasteiger partial charge on any atom is -0.493 e. The average Bonchev–Trinajstić information content (AvgIpc) is 2.43. The molecule has 0 spiro atoms. The van der Waals surface area contributed by atoms with Crippen LogP contribution in [0.25, 0.3) is 0 Å². The van der Waals surface area contributed by atoms with Crippen molar-refractivity contribution in [2.75, 3.05) is 11.9 Å². The van der Waals surface area contributed by atoms with Gasteiger partial charge in [0.25, 0.3) is 0 Å². The van der Waals surface area contributed by atoms with Gasteiger partial charge in [0.2, 0.25) is 0 Å². The average molecular weight is 462 g/mol. The van der Waals surface area contributed by atoms with Gasteiger partial charge in [-0.15, -0.1) is 0 Å². The zero-order chi connectivity index (χ0) is 14.1. The molecule has 1 aliphatic heterocycles. The topological polar surface area (TPSA) is 21.3 Å². The van der Waals surface area contributed by atoms with Crippen LogP contribution in [0.15, 0.2) is 49.8 Å². The maximum atomic E-state index is 5.70. The summed E-state index contributed by atoms with van der Waals surface area (Å²) in [5.41, 5.74) is 2.27. The predicted molar refractivity (Wildman–Crippen MR) is 92.5 cm³/mol. The van der Waals surface area contributed by atoms with Crippen LogP contribution in [-0.2, 0) is 0 Å². The van der Waals surface area contributed by atoms with E-state index >= 15 is 0 Å². The summed E-state index contributed by atoms with van der Waals surface area (Å²) in [6.45, 7) is 0.737. The van der Waals surface area contributed by atoms with Crippen LogP contribution in [0.3, 0.4) is 0 Å². The molecule has 0 saturated carbocycles. The van der Waals surface area contributed by atoms with E-state index in [1.54, 1.807) is 0 Å². The van der Waals surface area contributed by atoms with Crippen molar-refractivity contribution >= 4 is 53.5 Å². The van der Waals surface area contributed by atoms with Crippen LogP contribution in [0.1, 0.15) is 18.0 Å². The molecule has 1 N–H and O–H groups in total. The Balaban J connectivity index is 1.94. The minimum absolute atomic E-state index is 0.258. The van der Waals surface area contributed by atoms with Gasteiger partial charge in [0.05, 0.1) is 18.3 Å². The van der Waals surface area contributed by atoms with E-state index in [-0.39, 0.29) is 6.04 Å². The van der Waals surface area contributed by atoms with Crippen LogP contribution in [0.2, 0.25) is 0 Å². The fourth-order valence-electron chi connectivity index (χ4n) is 2.35. The van der Waals surface area contributed by atoms with Gasteiger partial charge < -0.3 is 10.1 Å². The van der Waals surface area contributed by atoms with Crippen LogP contribution in [0.5, 0.6) is 5.75 Å². The normalized spacial score (nSPS) is 17.2. The first-order chi connectivity index (χ1) is 9.65. The third-order valence-electron chi connectivity index (χ3n) is 3.28. The maximum absolute atomic E-state index is 5.70. The van der Waals surface area contributed by atoms with Crippen LogP contribution >= 0.6 is 47.8 Å². The molecule has 1 heterocycles. The lowest BCUT2D eigenvalue weighted by molar-refractivity contribution is 0.274. The second-order valence-corrected chi connectivity index (χ2v) is 7.24. The lowest BCUT2D eigenvalue weighted by Gasteiger charge is -2.28. The standard InChI is InChI=1S/C15H12Br3NO/c16-9-7-11(17)15(12(18)8-9)19-13-5-6-20-14-4-2-1-3-10(13)14/h1-4,7-8,13,19H,5-6H2. The molecule has 0 amide bonds. The zero-order valence-corrected chi connectivity index (χ0v) is 15.3. The van der Waals surface area contributed by atoms with E-state index in [0.29, 0.717) is 0 Å². The van der Waals surface area contributed by atoms with Gasteiger partial charge in [0, 0.05) is 25.4 Å². The second kappa shape index (κ2) is 6.08. The molecule has 5 heteroatoms.